The standard InChI is InChI=1S/C118H122N4/c1-107(2,3)115-65-33-29-61-111(115,13)95-69-75(45-57-99(95)119(115)79-37-21-17-22-38-79)83-49-53-87-91-73-93-89-55-51-85(77-47-59-101-97(71-77)113(15)63-31-35-67-117(113,109(7,8)9)121(101)81-41-25-19-26-42-81)104-86(78-48-60-102-98(72-78)114(16)64-32-36-68-118(114,110(10,11)12)122(102)82-43-27-20-28-44-82)52-56-90(106(89)104)94(93)74-92(91)88-54-50-84(103(83)105(87)88)76-46-58-100-96(70-76)112(14)62-30-34-66-116(112,108(4,5)6)120(100)80-39-23-18-24-40-80/h17-28,37-60,69-74H,29-36,61-68H2,1-16H3. The molecule has 8 unspecified atom stereocenters. The minimum absolute atomic E-state index is 0.0264. The maximum atomic E-state index is 2.83. The molecule has 0 amide bonds. The van der Waals surface area contributed by atoms with Crippen LogP contribution in [0.2, 0.25) is 0 Å². The Balaban J connectivity index is 0.772. The lowest BCUT2D eigenvalue weighted by molar-refractivity contribution is 0.0607. The predicted molar refractivity (Wildman–Crippen MR) is 522 cm³/mol. The molecule has 614 valence electrons. The van der Waals surface area contributed by atoms with E-state index in [1.807, 2.05) is 0 Å². The van der Waals surface area contributed by atoms with Gasteiger partial charge >= 0.3 is 0 Å². The molecule has 0 N–H and O–H groups in total. The van der Waals surface area contributed by atoms with Gasteiger partial charge in [0.25, 0.3) is 0 Å². The van der Waals surface area contributed by atoms with Gasteiger partial charge in [-0.3, -0.25) is 0 Å². The van der Waals surface area contributed by atoms with Gasteiger partial charge in [0.05, 0.1) is 22.2 Å². The van der Waals surface area contributed by atoms with Crippen molar-refractivity contribution >= 4 is 110 Å². The highest BCUT2D eigenvalue weighted by Crippen LogP contribution is 2.73. The van der Waals surface area contributed by atoms with Crippen LogP contribution in [0.3, 0.4) is 0 Å². The Morgan fingerprint density at radius 3 is 0.615 bits per heavy atom. The Morgan fingerprint density at radius 1 is 0.205 bits per heavy atom. The molecule has 15 aromatic rings. The van der Waals surface area contributed by atoms with Crippen LogP contribution in [0.5, 0.6) is 0 Å². The third kappa shape index (κ3) is 9.46. The minimum Gasteiger partial charge on any atom is -0.334 e. The van der Waals surface area contributed by atoms with E-state index in [0.29, 0.717) is 0 Å². The van der Waals surface area contributed by atoms with Crippen LogP contribution in [0.25, 0.3) is 109 Å². The lowest BCUT2D eigenvalue weighted by atomic mass is 9.52. The van der Waals surface area contributed by atoms with Crippen molar-refractivity contribution < 1.29 is 0 Å². The van der Waals surface area contributed by atoms with Crippen LogP contribution in [-0.2, 0) is 21.7 Å². The third-order valence-corrected chi connectivity index (χ3v) is 35.3. The van der Waals surface area contributed by atoms with Crippen molar-refractivity contribution in [2.75, 3.05) is 19.6 Å². The largest absolute Gasteiger partial charge is 0.334 e. The molecule has 0 spiro atoms. The van der Waals surface area contributed by atoms with Crippen LogP contribution in [0.1, 0.15) is 236 Å². The van der Waals surface area contributed by atoms with Crippen molar-refractivity contribution in [3.8, 4) is 44.5 Å². The molecule has 0 radical (unpaired) electrons. The van der Waals surface area contributed by atoms with E-state index in [9.17, 15) is 0 Å². The summed E-state index contributed by atoms with van der Waals surface area (Å²) in [5.41, 5.74) is 26.2. The summed E-state index contributed by atoms with van der Waals surface area (Å²) in [7, 11) is 0. The Kier molecular flexibility index (Phi) is 16.1. The first-order chi connectivity index (χ1) is 58.5. The molecule has 0 aromatic heterocycles. The van der Waals surface area contributed by atoms with E-state index in [0.717, 1.165) is 51.4 Å². The quantitative estimate of drug-likeness (QED) is 0.150. The average Bonchev–Trinajstić information content (AvgIpc) is 1.55. The second kappa shape index (κ2) is 25.6. The van der Waals surface area contributed by atoms with E-state index < -0.39 is 0 Å². The van der Waals surface area contributed by atoms with Crippen LogP contribution in [0, 0.1) is 21.7 Å². The predicted octanol–water partition coefficient (Wildman–Crippen LogP) is 33.2. The molecule has 8 atom stereocenters. The highest BCUT2D eigenvalue weighted by Gasteiger charge is 2.70. The lowest BCUT2D eigenvalue weighted by Crippen LogP contribution is -2.64. The van der Waals surface area contributed by atoms with E-state index in [-0.39, 0.29) is 65.5 Å². The molecular weight excluding hydrogens is 1470 g/mol. The van der Waals surface area contributed by atoms with Gasteiger partial charge < -0.3 is 19.6 Å². The van der Waals surface area contributed by atoms with Crippen LogP contribution in [-0.4, -0.2) is 22.2 Å². The van der Waals surface area contributed by atoms with Crippen LogP contribution in [0.4, 0.5) is 45.5 Å². The molecule has 4 saturated carbocycles. The normalized spacial score (nSPS) is 26.4. The summed E-state index contributed by atoms with van der Waals surface area (Å²) in [4.78, 5) is 11.3. The summed E-state index contributed by atoms with van der Waals surface area (Å²) in [6.45, 7) is 41.0. The fourth-order valence-electron chi connectivity index (χ4n) is 30.7. The fraction of sp³-hybridized carbons (Fsp3) is 0.373. The zero-order valence-electron chi connectivity index (χ0n) is 75.4. The minimum atomic E-state index is -0.128. The molecule has 15 aromatic carbocycles. The summed E-state index contributed by atoms with van der Waals surface area (Å²) in [5, 5.41) is 16.2. The van der Waals surface area contributed by atoms with Crippen LogP contribution < -0.4 is 19.6 Å². The second-order valence-corrected chi connectivity index (χ2v) is 44.3. The van der Waals surface area contributed by atoms with Gasteiger partial charge in [0.2, 0.25) is 0 Å². The van der Waals surface area contributed by atoms with Gasteiger partial charge in [0.15, 0.2) is 0 Å². The van der Waals surface area contributed by atoms with E-state index >= 15 is 0 Å². The molecule has 4 fully saturated rings. The summed E-state index contributed by atoms with van der Waals surface area (Å²) in [6, 6.07) is 103. The Bertz CT molecular complexity index is 6000. The number of nitrogens with zero attached hydrogens (tertiary/aromatic N) is 4. The molecule has 0 saturated heterocycles. The van der Waals surface area contributed by atoms with Gasteiger partial charge in [-0.15, -0.1) is 0 Å². The maximum Gasteiger partial charge on any atom is 0.0594 e. The topological polar surface area (TPSA) is 13.0 Å². The van der Waals surface area contributed by atoms with Gasteiger partial charge in [-0.2, -0.15) is 0 Å². The third-order valence-electron chi connectivity index (χ3n) is 35.3. The van der Waals surface area contributed by atoms with Crippen molar-refractivity contribution in [2.45, 2.75) is 257 Å². The number of anilines is 8. The molecule has 4 aliphatic carbocycles. The van der Waals surface area contributed by atoms with Crippen molar-refractivity contribution in [2.24, 2.45) is 21.7 Å². The van der Waals surface area contributed by atoms with Crippen molar-refractivity contribution in [3.63, 3.8) is 0 Å². The number of fused-ring (bicyclic) bond motifs is 18. The van der Waals surface area contributed by atoms with Gasteiger partial charge in [-0.25, -0.2) is 0 Å². The van der Waals surface area contributed by atoms with Gasteiger partial charge in [-0.05, 0) is 314 Å². The van der Waals surface area contributed by atoms with Gasteiger partial charge in [0, 0.05) is 67.2 Å². The SMILES string of the molecule is CC(C)(C)C12CCCCC1(C)c1cc(-c3ccc4c5cc6c(cc5c5ccc(-c7ccc8c(c7)C7(C)CCCCC7(C(C)(C)C)N8c7ccccc7)c3c45)c3ccc(-c4ccc5c(c4)C4(C)CCCCC4(C(C)(C)C)N5c4ccccc4)c4c(-c5ccc7c(c5)C5(C)CCCCC5(C(C)(C)C)N7c5ccccc5)ccc6c43)ccc1N2c1ccccc1. The van der Waals surface area contributed by atoms with E-state index in [1.54, 1.807) is 0 Å². The molecule has 4 heteroatoms. The number of benzene rings is 13. The first kappa shape index (κ1) is 76.5. The number of hydrogen-bond acceptors (Lipinski definition) is 4. The van der Waals surface area contributed by atoms with Crippen LogP contribution in [0.15, 0.2) is 255 Å². The highest BCUT2D eigenvalue weighted by molar-refractivity contribution is 6.40. The average molecular weight is 1600 g/mol. The molecular formula is C118H122N4. The van der Waals surface area contributed by atoms with Crippen molar-refractivity contribution in [1.82, 2.24) is 0 Å². The number of hydrogen-bond donors (Lipinski definition) is 0. The number of para-hydroxylation sites is 4. The van der Waals surface area contributed by atoms with Crippen molar-refractivity contribution in [1.29, 1.82) is 0 Å². The fourth-order valence-corrected chi connectivity index (χ4v) is 30.7. The summed E-state index contributed by atoms with van der Waals surface area (Å²) >= 11 is 0. The smallest absolute Gasteiger partial charge is 0.0594 e. The zero-order chi connectivity index (χ0) is 83.8. The van der Waals surface area contributed by atoms with Crippen molar-refractivity contribution in [3.05, 3.63) is 277 Å². The molecule has 122 heavy (non-hydrogen) atoms. The van der Waals surface area contributed by atoms with E-state index in [1.165, 1.54) is 228 Å². The van der Waals surface area contributed by atoms with Gasteiger partial charge in [0.1, 0.15) is 0 Å². The van der Waals surface area contributed by atoms with Crippen LogP contribution >= 0.6 is 0 Å². The zero-order valence-corrected chi connectivity index (χ0v) is 75.4. The Labute approximate surface area is 725 Å². The first-order valence-electron chi connectivity index (χ1n) is 46.9. The van der Waals surface area contributed by atoms with E-state index in [2.05, 4.69) is 385 Å². The molecule has 4 aliphatic heterocycles. The molecule has 4 heterocycles. The summed E-state index contributed by atoms with van der Waals surface area (Å²) in [5.74, 6) is 0. The Hall–Kier alpha value is -10.4. The lowest BCUT2D eigenvalue weighted by Gasteiger charge is -2.59. The summed E-state index contributed by atoms with van der Waals surface area (Å²) < 4.78 is 0. The maximum absolute atomic E-state index is 2.83. The summed E-state index contributed by atoms with van der Waals surface area (Å²) in [6.07, 6.45) is 19.1. The monoisotopic (exact) mass is 1590 g/mol. The Morgan fingerprint density at radius 2 is 0.410 bits per heavy atom. The molecule has 0 bridgehead atoms. The molecule has 4 nitrogen and oxygen atoms in total. The van der Waals surface area contributed by atoms with E-state index in [4.69, 9.17) is 0 Å². The van der Waals surface area contributed by atoms with Gasteiger partial charge in [-0.1, -0.05) is 308 Å². The first-order valence-corrected chi connectivity index (χ1v) is 46.9. The number of rotatable bonds is 8. The highest BCUT2D eigenvalue weighted by atomic mass is 15.3. The molecule has 8 aliphatic rings. The second-order valence-electron chi connectivity index (χ2n) is 44.3. The molecule has 23 rings (SSSR count).